The largest absolute Gasteiger partial charge is 0.478 e. The maximum absolute atomic E-state index is 11.7. The number of aromatic carboxylic acids is 1. The zero-order valence-corrected chi connectivity index (χ0v) is 18.4. The Labute approximate surface area is 193 Å². The number of aromatic nitrogens is 1. The molecular formula is C29H25NO3. The van der Waals surface area contributed by atoms with Crippen LogP contribution in [0.2, 0.25) is 0 Å². The predicted octanol–water partition coefficient (Wildman–Crippen LogP) is 6.33. The van der Waals surface area contributed by atoms with Crippen LogP contribution in [-0.2, 0) is 6.42 Å². The zero-order valence-electron chi connectivity index (χ0n) is 18.4. The Morgan fingerprint density at radius 1 is 0.939 bits per heavy atom. The lowest BCUT2D eigenvalue weighted by Gasteiger charge is -2.20. The summed E-state index contributed by atoms with van der Waals surface area (Å²) in [4.78, 5) is 27.1. The van der Waals surface area contributed by atoms with Crippen LogP contribution in [0.4, 0.5) is 0 Å². The number of aldehydes is 1. The number of benzene rings is 3. The SMILES string of the molecule is Cc1cc([C@H](CCc2ccc(-c3ccc(C(=O)O)cc3)cc2)c2ccccc2C=O)ccn1. The Hall–Kier alpha value is -4.05. The van der Waals surface area contributed by atoms with Crippen molar-refractivity contribution in [2.24, 2.45) is 0 Å². The fourth-order valence-corrected chi connectivity index (χ4v) is 4.20. The number of pyridine rings is 1. The molecule has 1 atom stereocenters. The van der Waals surface area contributed by atoms with Gasteiger partial charge in [0.1, 0.15) is 6.29 Å². The molecular weight excluding hydrogens is 410 g/mol. The number of carbonyl (C=O) groups excluding carboxylic acids is 1. The fourth-order valence-electron chi connectivity index (χ4n) is 4.20. The first-order valence-corrected chi connectivity index (χ1v) is 10.9. The third-order valence-corrected chi connectivity index (χ3v) is 5.96. The van der Waals surface area contributed by atoms with Crippen LogP contribution in [0.3, 0.4) is 0 Å². The normalized spacial score (nSPS) is 11.7. The van der Waals surface area contributed by atoms with Gasteiger partial charge in [0, 0.05) is 23.4 Å². The standard InChI is InChI=1S/C29H25NO3/c1-20-18-25(16-17-30-20)28(27-5-3-2-4-26(27)19-31)15-8-21-6-9-22(10-7-21)23-11-13-24(14-12-23)29(32)33/h2-7,9-14,16-19,28H,8,15H2,1H3,(H,32,33)/t28-/m0/s1. The lowest BCUT2D eigenvalue weighted by molar-refractivity contribution is 0.0696. The smallest absolute Gasteiger partial charge is 0.335 e. The van der Waals surface area contributed by atoms with Crippen LogP contribution in [0.15, 0.2) is 91.1 Å². The number of carbonyl (C=O) groups is 2. The molecule has 4 aromatic rings. The monoisotopic (exact) mass is 435 g/mol. The molecule has 4 rings (SSSR count). The number of rotatable bonds is 8. The Balaban J connectivity index is 1.55. The minimum atomic E-state index is -0.924. The summed E-state index contributed by atoms with van der Waals surface area (Å²) in [6.07, 6.45) is 4.48. The number of carboxylic acids is 1. The quantitative estimate of drug-likeness (QED) is 0.328. The van der Waals surface area contributed by atoms with Crippen LogP contribution in [0, 0.1) is 6.92 Å². The first kappa shape index (κ1) is 22.2. The van der Waals surface area contributed by atoms with Crippen molar-refractivity contribution in [3.8, 4) is 11.1 Å². The minimum absolute atomic E-state index is 0.0938. The molecule has 3 aromatic carbocycles. The van der Waals surface area contributed by atoms with Crippen LogP contribution >= 0.6 is 0 Å². The molecule has 0 amide bonds. The Kier molecular flexibility index (Phi) is 6.75. The molecule has 1 aromatic heterocycles. The highest BCUT2D eigenvalue weighted by Crippen LogP contribution is 2.32. The summed E-state index contributed by atoms with van der Waals surface area (Å²) < 4.78 is 0. The van der Waals surface area contributed by atoms with Gasteiger partial charge in [0.25, 0.3) is 0 Å². The highest BCUT2D eigenvalue weighted by Gasteiger charge is 2.18. The molecule has 0 aliphatic heterocycles. The molecule has 4 heteroatoms. The second-order valence-corrected chi connectivity index (χ2v) is 8.15. The Bertz CT molecular complexity index is 1260. The molecule has 1 N–H and O–H groups in total. The van der Waals surface area contributed by atoms with Gasteiger partial charge in [0.2, 0.25) is 0 Å². The average Bonchev–Trinajstić information content (AvgIpc) is 2.85. The van der Waals surface area contributed by atoms with Gasteiger partial charge in [-0.15, -0.1) is 0 Å². The topological polar surface area (TPSA) is 67.3 Å². The lowest BCUT2D eigenvalue weighted by atomic mass is 9.84. The summed E-state index contributed by atoms with van der Waals surface area (Å²) in [5.41, 5.74) is 7.39. The average molecular weight is 436 g/mol. The van der Waals surface area contributed by atoms with Gasteiger partial charge in [0.15, 0.2) is 0 Å². The van der Waals surface area contributed by atoms with Crippen molar-refractivity contribution in [1.29, 1.82) is 0 Å². The molecule has 0 radical (unpaired) electrons. The molecule has 33 heavy (non-hydrogen) atoms. The fraction of sp³-hybridized carbons (Fsp3) is 0.138. The molecule has 1 heterocycles. The molecule has 0 aliphatic rings. The van der Waals surface area contributed by atoms with E-state index in [4.69, 9.17) is 5.11 Å². The number of nitrogens with zero attached hydrogens (tertiary/aromatic N) is 1. The van der Waals surface area contributed by atoms with E-state index in [0.29, 0.717) is 0 Å². The highest BCUT2D eigenvalue weighted by molar-refractivity contribution is 5.88. The van der Waals surface area contributed by atoms with Crippen molar-refractivity contribution >= 4 is 12.3 Å². The number of carboxylic acid groups (broad SMARTS) is 1. The summed E-state index contributed by atoms with van der Waals surface area (Å²) in [7, 11) is 0. The Morgan fingerprint density at radius 3 is 2.24 bits per heavy atom. The second kappa shape index (κ2) is 10.0. The lowest BCUT2D eigenvalue weighted by Crippen LogP contribution is -2.07. The summed E-state index contributed by atoms with van der Waals surface area (Å²) in [6, 6.07) is 27.2. The Morgan fingerprint density at radius 2 is 1.61 bits per heavy atom. The second-order valence-electron chi connectivity index (χ2n) is 8.15. The van der Waals surface area contributed by atoms with E-state index in [-0.39, 0.29) is 11.5 Å². The van der Waals surface area contributed by atoms with E-state index in [9.17, 15) is 9.59 Å². The van der Waals surface area contributed by atoms with Crippen LogP contribution in [0.1, 0.15) is 55.4 Å². The summed E-state index contributed by atoms with van der Waals surface area (Å²) in [5.74, 6) is -0.830. The van der Waals surface area contributed by atoms with E-state index < -0.39 is 5.97 Å². The number of aryl methyl sites for hydroxylation is 2. The third kappa shape index (κ3) is 5.24. The molecule has 0 bridgehead atoms. The number of hydrogen-bond acceptors (Lipinski definition) is 3. The first-order valence-electron chi connectivity index (χ1n) is 10.9. The minimum Gasteiger partial charge on any atom is -0.478 e. The van der Waals surface area contributed by atoms with Gasteiger partial charge in [-0.2, -0.15) is 0 Å². The molecule has 0 saturated carbocycles. The van der Waals surface area contributed by atoms with Crippen molar-refractivity contribution in [3.05, 3.63) is 125 Å². The van der Waals surface area contributed by atoms with Crippen LogP contribution in [-0.4, -0.2) is 22.3 Å². The molecule has 4 nitrogen and oxygen atoms in total. The van der Waals surface area contributed by atoms with Crippen molar-refractivity contribution in [1.82, 2.24) is 4.98 Å². The van der Waals surface area contributed by atoms with E-state index >= 15 is 0 Å². The van der Waals surface area contributed by atoms with E-state index in [2.05, 4.69) is 35.3 Å². The molecule has 164 valence electrons. The predicted molar refractivity (Wildman–Crippen MR) is 130 cm³/mol. The number of hydrogen-bond donors (Lipinski definition) is 1. The maximum atomic E-state index is 11.7. The summed E-state index contributed by atoms with van der Waals surface area (Å²) >= 11 is 0. The van der Waals surface area contributed by atoms with E-state index in [1.807, 2.05) is 55.6 Å². The third-order valence-electron chi connectivity index (χ3n) is 5.96. The maximum Gasteiger partial charge on any atom is 0.335 e. The molecule has 0 fully saturated rings. The van der Waals surface area contributed by atoms with E-state index in [1.54, 1.807) is 12.1 Å². The molecule has 0 aliphatic carbocycles. The van der Waals surface area contributed by atoms with Gasteiger partial charge in [0.05, 0.1) is 5.56 Å². The van der Waals surface area contributed by atoms with Crippen LogP contribution in [0.25, 0.3) is 11.1 Å². The zero-order chi connectivity index (χ0) is 23.2. The van der Waals surface area contributed by atoms with Gasteiger partial charge >= 0.3 is 5.97 Å². The molecule has 0 saturated heterocycles. The van der Waals surface area contributed by atoms with Crippen molar-refractivity contribution in [2.75, 3.05) is 0 Å². The first-order chi connectivity index (χ1) is 16.0. The van der Waals surface area contributed by atoms with Gasteiger partial charge in [-0.05, 0) is 71.8 Å². The highest BCUT2D eigenvalue weighted by atomic mass is 16.4. The molecule has 0 unspecified atom stereocenters. The van der Waals surface area contributed by atoms with E-state index in [1.165, 1.54) is 5.56 Å². The summed E-state index contributed by atoms with van der Waals surface area (Å²) in [6.45, 7) is 1.98. The van der Waals surface area contributed by atoms with Gasteiger partial charge in [-0.1, -0.05) is 60.7 Å². The summed E-state index contributed by atoms with van der Waals surface area (Å²) in [5, 5.41) is 9.08. The van der Waals surface area contributed by atoms with Crippen LogP contribution < -0.4 is 0 Å². The van der Waals surface area contributed by atoms with Crippen molar-refractivity contribution in [3.63, 3.8) is 0 Å². The molecule has 0 spiro atoms. The van der Waals surface area contributed by atoms with Crippen molar-refractivity contribution < 1.29 is 14.7 Å². The van der Waals surface area contributed by atoms with Crippen molar-refractivity contribution in [2.45, 2.75) is 25.7 Å². The van der Waals surface area contributed by atoms with Crippen LogP contribution in [0.5, 0.6) is 0 Å². The van der Waals surface area contributed by atoms with E-state index in [0.717, 1.165) is 52.6 Å². The van der Waals surface area contributed by atoms with Gasteiger partial charge in [-0.3, -0.25) is 9.78 Å². The van der Waals surface area contributed by atoms with Gasteiger partial charge in [-0.25, -0.2) is 4.79 Å². The van der Waals surface area contributed by atoms with Gasteiger partial charge < -0.3 is 5.11 Å².